The molecule has 72 valence electrons. The number of hydrogen-bond donors (Lipinski definition) is 1. The highest BCUT2D eigenvalue weighted by molar-refractivity contribution is 4.99. The van der Waals surface area contributed by atoms with Crippen LogP contribution in [-0.4, -0.2) is 31.3 Å². The summed E-state index contributed by atoms with van der Waals surface area (Å²) in [6, 6.07) is 0. The van der Waals surface area contributed by atoms with Crippen molar-refractivity contribution in [1.82, 2.24) is 5.32 Å². The first-order valence-electron chi connectivity index (χ1n) is 4.72. The van der Waals surface area contributed by atoms with Gasteiger partial charge in [0.15, 0.2) is 0 Å². The Morgan fingerprint density at radius 2 is 2.62 bits per heavy atom. The molecule has 0 aromatic carbocycles. The lowest BCUT2D eigenvalue weighted by molar-refractivity contribution is 0.108. The summed E-state index contributed by atoms with van der Waals surface area (Å²) in [7, 11) is 0. The Kier molecular flexibility index (Phi) is 2.40. The van der Waals surface area contributed by atoms with E-state index in [0.717, 1.165) is 19.6 Å². The number of azide groups is 1. The minimum Gasteiger partial charge on any atom is -0.376 e. The number of rotatable bonds is 2. The van der Waals surface area contributed by atoms with Crippen molar-refractivity contribution in [3.05, 3.63) is 10.4 Å². The van der Waals surface area contributed by atoms with E-state index in [2.05, 4.69) is 15.3 Å². The van der Waals surface area contributed by atoms with Crippen molar-refractivity contribution in [2.24, 2.45) is 5.11 Å². The van der Waals surface area contributed by atoms with Crippen LogP contribution in [-0.2, 0) is 4.74 Å². The van der Waals surface area contributed by atoms with Gasteiger partial charge in [0.25, 0.3) is 0 Å². The minimum absolute atomic E-state index is 0.126. The molecule has 0 bridgehead atoms. The van der Waals surface area contributed by atoms with Gasteiger partial charge in [-0.1, -0.05) is 5.11 Å². The van der Waals surface area contributed by atoms with Crippen LogP contribution >= 0.6 is 0 Å². The zero-order chi connectivity index (χ0) is 9.15. The van der Waals surface area contributed by atoms with Crippen LogP contribution in [0.25, 0.3) is 10.4 Å². The molecule has 2 saturated heterocycles. The van der Waals surface area contributed by atoms with E-state index in [1.165, 1.54) is 12.8 Å². The highest BCUT2D eigenvalue weighted by Crippen LogP contribution is 2.31. The van der Waals surface area contributed by atoms with Gasteiger partial charge in [0.1, 0.15) is 0 Å². The molecule has 5 nitrogen and oxygen atoms in total. The average Bonchev–Trinajstić information content (AvgIpc) is 2.74. The second-order valence-corrected chi connectivity index (χ2v) is 3.86. The van der Waals surface area contributed by atoms with Crippen molar-refractivity contribution < 1.29 is 4.74 Å². The van der Waals surface area contributed by atoms with Crippen LogP contribution in [0, 0.1) is 0 Å². The van der Waals surface area contributed by atoms with Crippen molar-refractivity contribution in [3.8, 4) is 0 Å². The highest BCUT2D eigenvalue weighted by Gasteiger charge is 2.41. The second-order valence-electron chi connectivity index (χ2n) is 3.86. The molecule has 0 amide bonds. The molecule has 0 radical (unpaired) electrons. The van der Waals surface area contributed by atoms with E-state index < -0.39 is 0 Å². The van der Waals surface area contributed by atoms with E-state index >= 15 is 0 Å². The first kappa shape index (κ1) is 8.81. The van der Waals surface area contributed by atoms with Gasteiger partial charge in [-0.05, 0) is 31.3 Å². The Labute approximate surface area is 77.1 Å². The molecule has 1 N–H and O–H groups in total. The van der Waals surface area contributed by atoms with Crippen LogP contribution in [0.4, 0.5) is 0 Å². The van der Waals surface area contributed by atoms with Gasteiger partial charge in [-0.15, -0.1) is 0 Å². The molecule has 0 aromatic heterocycles. The fraction of sp³-hybridized carbons (Fsp3) is 1.00. The normalized spacial score (nSPS) is 38.0. The molecule has 2 atom stereocenters. The minimum atomic E-state index is 0.126. The quantitative estimate of drug-likeness (QED) is 0.396. The van der Waals surface area contributed by atoms with Crippen molar-refractivity contribution in [3.63, 3.8) is 0 Å². The van der Waals surface area contributed by atoms with Crippen LogP contribution in [0.1, 0.15) is 19.3 Å². The molecule has 0 saturated carbocycles. The van der Waals surface area contributed by atoms with Gasteiger partial charge in [0.2, 0.25) is 0 Å². The van der Waals surface area contributed by atoms with E-state index in [1.54, 1.807) is 0 Å². The summed E-state index contributed by atoms with van der Waals surface area (Å²) in [4.78, 5) is 2.74. The van der Waals surface area contributed by atoms with Crippen molar-refractivity contribution >= 4 is 0 Å². The molecule has 0 aromatic rings. The van der Waals surface area contributed by atoms with E-state index in [4.69, 9.17) is 10.3 Å². The van der Waals surface area contributed by atoms with Gasteiger partial charge in [-0.25, -0.2) is 0 Å². The summed E-state index contributed by atoms with van der Waals surface area (Å²) < 4.78 is 5.57. The van der Waals surface area contributed by atoms with Crippen LogP contribution in [0.2, 0.25) is 0 Å². The molecular formula is C8H14N4O. The smallest absolute Gasteiger partial charge is 0.0653 e. The summed E-state index contributed by atoms with van der Waals surface area (Å²) in [6.07, 6.45) is 3.55. The molecule has 0 aliphatic carbocycles. The third-order valence-corrected chi connectivity index (χ3v) is 2.89. The predicted molar refractivity (Wildman–Crippen MR) is 48.3 cm³/mol. The number of hydrogen-bond acceptors (Lipinski definition) is 3. The third kappa shape index (κ3) is 1.77. The summed E-state index contributed by atoms with van der Waals surface area (Å²) in [5.74, 6) is 0. The first-order valence-corrected chi connectivity index (χ1v) is 4.72. The monoisotopic (exact) mass is 182 g/mol. The SMILES string of the molecule is [N-]=[N+]=NCC1CC2(CCCN2)CO1. The summed E-state index contributed by atoms with van der Waals surface area (Å²) in [6.45, 7) is 2.34. The lowest BCUT2D eigenvalue weighted by atomic mass is 9.94. The fourth-order valence-electron chi connectivity index (χ4n) is 2.24. The molecule has 2 heterocycles. The van der Waals surface area contributed by atoms with Crippen LogP contribution in [0.3, 0.4) is 0 Å². The molecule has 2 aliphatic heterocycles. The lowest BCUT2D eigenvalue weighted by Crippen LogP contribution is -2.40. The zero-order valence-corrected chi connectivity index (χ0v) is 7.57. The van der Waals surface area contributed by atoms with Gasteiger partial charge in [-0.3, -0.25) is 0 Å². The molecule has 1 spiro atoms. The van der Waals surface area contributed by atoms with Crippen LogP contribution in [0.5, 0.6) is 0 Å². The van der Waals surface area contributed by atoms with Crippen LogP contribution in [0.15, 0.2) is 5.11 Å². The predicted octanol–water partition coefficient (Wildman–Crippen LogP) is 1.21. The maximum absolute atomic E-state index is 8.17. The molecule has 5 heteroatoms. The number of ether oxygens (including phenoxy) is 1. The van der Waals surface area contributed by atoms with E-state index in [1.807, 2.05) is 0 Å². The Hall–Kier alpha value is -0.770. The van der Waals surface area contributed by atoms with Crippen molar-refractivity contribution in [2.75, 3.05) is 19.7 Å². The van der Waals surface area contributed by atoms with E-state index in [9.17, 15) is 0 Å². The molecular weight excluding hydrogens is 168 g/mol. The number of nitrogens with zero attached hydrogens (tertiary/aromatic N) is 3. The largest absolute Gasteiger partial charge is 0.376 e. The molecule has 2 unspecified atom stereocenters. The topological polar surface area (TPSA) is 70.0 Å². The maximum atomic E-state index is 8.17. The number of nitrogens with one attached hydrogen (secondary N) is 1. The Morgan fingerprint density at radius 3 is 3.31 bits per heavy atom. The maximum Gasteiger partial charge on any atom is 0.0653 e. The van der Waals surface area contributed by atoms with Crippen LogP contribution < -0.4 is 5.32 Å². The van der Waals surface area contributed by atoms with Gasteiger partial charge >= 0.3 is 0 Å². The fourth-order valence-corrected chi connectivity index (χ4v) is 2.24. The Morgan fingerprint density at radius 1 is 1.69 bits per heavy atom. The molecule has 2 rings (SSSR count). The lowest BCUT2D eigenvalue weighted by Gasteiger charge is -2.20. The zero-order valence-electron chi connectivity index (χ0n) is 7.57. The Bertz CT molecular complexity index is 230. The summed E-state index contributed by atoms with van der Waals surface area (Å²) >= 11 is 0. The van der Waals surface area contributed by atoms with E-state index in [-0.39, 0.29) is 11.6 Å². The van der Waals surface area contributed by atoms with Gasteiger partial charge in [0, 0.05) is 10.5 Å². The molecule has 2 fully saturated rings. The van der Waals surface area contributed by atoms with Crippen molar-refractivity contribution in [1.29, 1.82) is 0 Å². The van der Waals surface area contributed by atoms with Gasteiger partial charge in [-0.2, -0.15) is 0 Å². The summed E-state index contributed by atoms with van der Waals surface area (Å²) in [5.41, 5.74) is 8.37. The third-order valence-electron chi connectivity index (χ3n) is 2.89. The molecule has 13 heavy (non-hydrogen) atoms. The van der Waals surface area contributed by atoms with Crippen molar-refractivity contribution in [2.45, 2.75) is 30.9 Å². The van der Waals surface area contributed by atoms with Gasteiger partial charge in [0.05, 0.1) is 19.3 Å². The average molecular weight is 182 g/mol. The standard InChI is InChI=1S/C8H14N4O/c9-12-11-5-7-4-8(6-13-7)2-1-3-10-8/h7,10H,1-6H2. The van der Waals surface area contributed by atoms with Gasteiger partial charge < -0.3 is 10.1 Å². The Balaban J connectivity index is 1.89. The summed E-state index contributed by atoms with van der Waals surface area (Å²) in [5, 5.41) is 7.01. The highest BCUT2D eigenvalue weighted by atomic mass is 16.5. The molecule has 2 aliphatic rings. The first-order chi connectivity index (χ1) is 6.35. The second kappa shape index (κ2) is 3.54. The van der Waals surface area contributed by atoms with E-state index in [0.29, 0.717) is 6.54 Å².